The predicted octanol–water partition coefficient (Wildman–Crippen LogP) is 4.52. The topological polar surface area (TPSA) is 46.4 Å². The van der Waals surface area contributed by atoms with Crippen molar-refractivity contribution >= 4 is 27.9 Å². The summed E-state index contributed by atoms with van der Waals surface area (Å²) in [6.45, 7) is 0. The summed E-state index contributed by atoms with van der Waals surface area (Å²) in [7, 11) is 0. The molecule has 2 heterocycles. The lowest BCUT2D eigenvalue weighted by Crippen LogP contribution is -2.15. The smallest absolute Gasteiger partial charge is 0.230 e. The van der Waals surface area contributed by atoms with Crippen molar-refractivity contribution in [2.75, 3.05) is 5.32 Å². The third kappa shape index (κ3) is 3.34. The summed E-state index contributed by atoms with van der Waals surface area (Å²) in [5.41, 5.74) is 2.87. The molecule has 1 amide bonds. The molecule has 1 N–H and O–H groups in total. The summed E-state index contributed by atoms with van der Waals surface area (Å²) in [4.78, 5) is 17.5. The number of hydrogen-bond acceptors (Lipinski definition) is 3. The van der Waals surface area contributed by atoms with Gasteiger partial charge < -0.3 is 5.32 Å². The molecule has 0 unspecified atom stereocenters. The normalized spacial score (nSPS) is 11.0. The van der Waals surface area contributed by atoms with Crippen LogP contribution in [0.1, 0.15) is 5.69 Å². The zero-order chi connectivity index (χ0) is 18.1. The number of aromatic nitrogens is 2. The number of halogens is 2. The minimum absolute atomic E-state index is 0.163. The van der Waals surface area contributed by atoms with Crippen LogP contribution in [0.4, 0.5) is 14.5 Å². The zero-order valence-corrected chi connectivity index (χ0v) is 14.3. The highest BCUT2D eigenvalue weighted by molar-refractivity contribution is 7.15. The van der Waals surface area contributed by atoms with Crippen molar-refractivity contribution in [3.8, 4) is 11.3 Å². The Hall–Kier alpha value is -3.06. The van der Waals surface area contributed by atoms with Gasteiger partial charge >= 0.3 is 0 Å². The third-order valence-electron chi connectivity index (χ3n) is 3.89. The first-order chi connectivity index (χ1) is 12.6. The van der Waals surface area contributed by atoms with Crippen LogP contribution < -0.4 is 5.32 Å². The Morgan fingerprint density at radius 2 is 1.69 bits per heavy atom. The van der Waals surface area contributed by atoms with Crippen molar-refractivity contribution < 1.29 is 13.6 Å². The second-order valence-corrected chi connectivity index (χ2v) is 6.58. The molecule has 0 aliphatic carbocycles. The number of fused-ring (bicyclic) bond motifs is 1. The van der Waals surface area contributed by atoms with Gasteiger partial charge in [-0.2, -0.15) is 0 Å². The van der Waals surface area contributed by atoms with Gasteiger partial charge in [0, 0.05) is 28.5 Å². The summed E-state index contributed by atoms with van der Waals surface area (Å²) in [6, 6.07) is 11.7. The number of thiazole rings is 1. The molecule has 0 aliphatic rings. The molecule has 4 rings (SSSR count). The van der Waals surface area contributed by atoms with Gasteiger partial charge in [0.15, 0.2) is 4.96 Å². The van der Waals surface area contributed by atoms with Gasteiger partial charge in [-0.15, -0.1) is 11.3 Å². The lowest BCUT2D eigenvalue weighted by molar-refractivity contribution is -0.115. The van der Waals surface area contributed by atoms with Crippen LogP contribution in [0.3, 0.4) is 0 Å². The average molecular weight is 369 g/mol. The molecular weight excluding hydrogens is 356 g/mol. The highest BCUT2D eigenvalue weighted by Crippen LogP contribution is 2.24. The number of rotatable bonds is 4. The van der Waals surface area contributed by atoms with Crippen LogP contribution in [0.15, 0.2) is 60.1 Å². The second kappa shape index (κ2) is 6.68. The minimum atomic E-state index is -0.353. The van der Waals surface area contributed by atoms with Crippen LogP contribution in [-0.2, 0) is 11.2 Å². The molecule has 2 aromatic carbocycles. The molecule has 0 saturated heterocycles. The number of anilines is 1. The van der Waals surface area contributed by atoms with E-state index in [9.17, 15) is 13.6 Å². The molecule has 0 aliphatic heterocycles. The average Bonchev–Trinajstić information content (AvgIpc) is 3.20. The van der Waals surface area contributed by atoms with E-state index in [-0.39, 0.29) is 24.0 Å². The number of hydrogen-bond donors (Lipinski definition) is 1. The molecule has 4 nitrogen and oxygen atoms in total. The van der Waals surface area contributed by atoms with E-state index in [0.717, 1.165) is 21.9 Å². The van der Waals surface area contributed by atoms with Crippen molar-refractivity contribution in [2.24, 2.45) is 0 Å². The quantitative estimate of drug-likeness (QED) is 0.575. The Balaban J connectivity index is 1.54. The summed E-state index contributed by atoms with van der Waals surface area (Å²) >= 11 is 1.43. The molecule has 7 heteroatoms. The molecule has 130 valence electrons. The summed E-state index contributed by atoms with van der Waals surface area (Å²) in [6.07, 6.45) is 2.00. The molecule has 0 radical (unpaired) electrons. The Labute approximate surface area is 151 Å². The van der Waals surface area contributed by atoms with E-state index in [1.165, 1.54) is 47.7 Å². The maximum Gasteiger partial charge on any atom is 0.230 e. The fraction of sp³-hybridized carbons (Fsp3) is 0.0526. The Bertz CT molecular complexity index is 1070. The minimum Gasteiger partial charge on any atom is -0.326 e. The lowest BCUT2D eigenvalue weighted by atomic mass is 10.2. The monoisotopic (exact) mass is 369 g/mol. The van der Waals surface area contributed by atoms with Gasteiger partial charge in [-0.05, 0) is 48.5 Å². The fourth-order valence-corrected chi connectivity index (χ4v) is 3.49. The van der Waals surface area contributed by atoms with E-state index < -0.39 is 0 Å². The molecular formula is C19H13F2N3OS. The maximum absolute atomic E-state index is 13.1. The molecule has 0 fully saturated rings. The molecule has 0 bridgehead atoms. The van der Waals surface area contributed by atoms with Gasteiger partial charge in [0.25, 0.3) is 0 Å². The highest BCUT2D eigenvalue weighted by atomic mass is 32.1. The van der Waals surface area contributed by atoms with Crippen LogP contribution in [0, 0.1) is 11.6 Å². The van der Waals surface area contributed by atoms with Crippen LogP contribution in [0.5, 0.6) is 0 Å². The molecule has 2 aromatic heterocycles. The Morgan fingerprint density at radius 3 is 2.38 bits per heavy atom. The van der Waals surface area contributed by atoms with Crippen molar-refractivity contribution in [1.29, 1.82) is 0 Å². The van der Waals surface area contributed by atoms with E-state index in [1.807, 2.05) is 16.0 Å². The van der Waals surface area contributed by atoms with Gasteiger partial charge in [-0.3, -0.25) is 9.20 Å². The number of carbonyl (C=O) groups is 1. The Kier molecular flexibility index (Phi) is 4.22. The number of benzene rings is 2. The van der Waals surface area contributed by atoms with Crippen LogP contribution in [-0.4, -0.2) is 15.3 Å². The standard InChI is InChI=1S/C19H13F2N3OS/c20-13-3-1-12(2-4-13)17-10-24-16(11-26-19(24)23-17)9-18(25)22-15-7-5-14(21)6-8-15/h1-8,10-11H,9H2,(H,22,25). The largest absolute Gasteiger partial charge is 0.326 e. The van der Waals surface area contributed by atoms with E-state index in [1.54, 1.807) is 12.1 Å². The van der Waals surface area contributed by atoms with Gasteiger partial charge in [0.2, 0.25) is 5.91 Å². The predicted molar refractivity (Wildman–Crippen MR) is 97.2 cm³/mol. The number of carbonyl (C=O) groups excluding carboxylic acids is 1. The first kappa shape index (κ1) is 16.4. The van der Waals surface area contributed by atoms with E-state index in [4.69, 9.17) is 0 Å². The summed E-state index contributed by atoms with van der Waals surface area (Å²) in [5.74, 6) is -0.851. The van der Waals surface area contributed by atoms with Crippen molar-refractivity contribution in [1.82, 2.24) is 9.38 Å². The number of amides is 1. The van der Waals surface area contributed by atoms with E-state index in [2.05, 4.69) is 10.3 Å². The summed E-state index contributed by atoms with van der Waals surface area (Å²) < 4.78 is 27.8. The van der Waals surface area contributed by atoms with E-state index >= 15 is 0 Å². The number of nitrogens with one attached hydrogen (secondary N) is 1. The van der Waals surface area contributed by atoms with Crippen molar-refractivity contribution in [3.05, 3.63) is 77.4 Å². The molecule has 0 spiro atoms. The van der Waals surface area contributed by atoms with Gasteiger partial charge in [0.1, 0.15) is 11.6 Å². The van der Waals surface area contributed by atoms with Crippen LogP contribution in [0.2, 0.25) is 0 Å². The first-order valence-electron chi connectivity index (χ1n) is 7.85. The van der Waals surface area contributed by atoms with Crippen LogP contribution >= 0.6 is 11.3 Å². The Morgan fingerprint density at radius 1 is 1.04 bits per heavy atom. The second-order valence-electron chi connectivity index (χ2n) is 5.74. The molecule has 0 atom stereocenters. The van der Waals surface area contributed by atoms with E-state index in [0.29, 0.717) is 5.69 Å². The lowest BCUT2D eigenvalue weighted by Gasteiger charge is -2.04. The maximum atomic E-state index is 13.1. The van der Waals surface area contributed by atoms with Crippen molar-refractivity contribution in [2.45, 2.75) is 6.42 Å². The zero-order valence-electron chi connectivity index (χ0n) is 13.4. The SMILES string of the molecule is O=C(Cc1csc2nc(-c3ccc(F)cc3)cn12)Nc1ccc(F)cc1. The highest BCUT2D eigenvalue weighted by Gasteiger charge is 2.13. The third-order valence-corrected chi connectivity index (χ3v) is 4.78. The molecule has 26 heavy (non-hydrogen) atoms. The number of imidazole rings is 1. The van der Waals surface area contributed by atoms with Gasteiger partial charge in [-0.1, -0.05) is 0 Å². The van der Waals surface area contributed by atoms with Gasteiger partial charge in [0.05, 0.1) is 12.1 Å². The number of nitrogens with zero attached hydrogens (tertiary/aromatic N) is 2. The first-order valence-corrected chi connectivity index (χ1v) is 8.73. The fourth-order valence-electron chi connectivity index (χ4n) is 2.62. The van der Waals surface area contributed by atoms with Crippen LogP contribution in [0.25, 0.3) is 16.2 Å². The van der Waals surface area contributed by atoms with Gasteiger partial charge in [-0.25, -0.2) is 13.8 Å². The molecule has 0 saturated carbocycles. The van der Waals surface area contributed by atoms with Crippen molar-refractivity contribution in [3.63, 3.8) is 0 Å². The summed E-state index contributed by atoms with van der Waals surface area (Å²) in [5, 5.41) is 4.62. The molecule has 4 aromatic rings.